The molecule has 3 heteroatoms. The SMILES string of the molecule is CCCC[Si](C)(C)C[Si](C)(Cl)C(C)(C)C. The maximum absolute atomic E-state index is 6.85. The Morgan fingerprint density at radius 2 is 1.53 bits per heavy atom. The highest BCUT2D eigenvalue weighted by Gasteiger charge is 2.42. The minimum atomic E-state index is -1.56. The molecule has 0 bridgehead atoms. The Hall–Kier alpha value is 0.724. The Labute approximate surface area is 104 Å². The summed E-state index contributed by atoms with van der Waals surface area (Å²) in [6, 6.07) is 1.45. The van der Waals surface area contributed by atoms with Crippen molar-refractivity contribution in [3.63, 3.8) is 0 Å². The second-order valence-corrected chi connectivity index (χ2v) is 19.5. The minimum Gasteiger partial charge on any atom is -0.167 e. The van der Waals surface area contributed by atoms with Crippen LogP contribution in [-0.4, -0.2) is 15.5 Å². The predicted octanol–water partition coefficient (Wildman–Crippen LogP) is 5.65. The molecule has 0 saturated heterocycles. The van der Waals surface area contributed by atoms with E-state index >= 15 is 0 Å². The van der Waals surface area contributed by atoms with E-state index in [0.29, 0.717) is 5.04 Å². The molecule has 0 rings (SSSR count). The van der Waals surface area contributed by atoms with E-state index < -0.39 is 15.5 Å². The van der Waals surface area contributed by atoms with E-state index in [4.69, 9.17) is 11.1 Å². The smallest absolute Gasteiger partial charge is 0.156 e. The summed E-state index contributed by atoms with van der Waals surface area (Å²) in [6.07, 6.45) is 2.72. The summed E-state index contributed by atoms with van der Waals surface area (Å²) in [4.78, 5) is 0. The topological polar surface area (TPSA) is 0 Å². The van der Waals surface area contributed by atoms with Crippen molar-refractivity contribution >= 4 is 26.5 Å². The normalized spacial score (nSPS) is 17.6. The summed E-state index contributed by atoms with van der Waals surface area (Å²) in [5.74, 6) is 0. The zero-order chi connectivity index (χ0) is 12.3. The average molecular weight is 265 g/mol. The van der Waals surface area contributed by atoms with Crippen LogP contribution in [0.5, 0.6) is 0 Å². The Bertz CT molecular complexity index is 192. The van der Waals surface area contributed by atoms with Gasteiger partial charge in [0.25, 0.3) is 0 Å². The highest BCUT2D eigenvalue weighted by molar-refractivity contribution is 7.25. The van der Waals surface area contributed by atoms with Crippen LogP contribution in [0, 0.1) is 0 Å². The van der Waals surface area contributed by atoms with Gasteiger partial charge in [-0.25, -0.2) is 0 Å². The largest absolute Gasteiger partial charge is 0.167 e. The Morgan fingerprint density at radius 1 is 1.07 bits per heavy atom. The van der Waals surface area contributed by atoms with Crippen molar-refractivity contribution in [3.05, 3.63) is 0 Å². The van der Waals surface area contributed by atoms with Crippen LogP contribution in [0.2, 0.25) is 36.4 Å². The highest BCUT2D eigenvalue weighted by Crippen LogP contribution is 2.44. The molecule has 0 aliphatic carbocycles. The van der Waals surface area contributed by atoms with Gasteiger partial charge in [-0.3, -0.25) is 0 Å². The highest BCUT2D eigenvalue weighted by atomic mass is 35.6. The van der Waals surface area contributed by atoms with Gasteiger partial charge in [-0.05, 0) is 10.7 Å². The van der Waals surface area contributed by atoms with Crippen molar-refractivity contribution in [2.24, 2.45) is 0 Å². The maximum atomic E-state index is 6.85. The molecule has 0 aromatic rings. The molecule has 1 atom stereocenters. The van der Waals surface area contributed by atoms with Crippen LogP contribution in [0.15, 0.2) is 0 Å². The van der Waals surface area contributed by atoms with Crippen molar-refractivity contribution in [1.82, 2.24) is 0 Å². The van der Waals surface area contributed by atoms with E-state index in [1.54, 1.807) is 0 Å². The van der Waals surface area contributed by atoms with Crippen LogP contribution >= 0.6 is 11.1 Å². The molecule has 0 aromatic heterocycles. The summed E-state index contributed by atoms with van der Waals surface area (Å²) in [6.45, 7) is 16.6. The molecule has 0 heterocycles. The molecule has 0 nitrogen and oxygen atoms in total. The van der Waals surface area contributed by atoms with Gasteiger partial charge in [0, 0.05) is 8.07 Å². The lowest BCUT2D eigenvalue weighted by Gasteiger charge is -2.39. The summed E-state index contributed by atoms with van der Waals surface area (Å²) < 4.78 is 0. The third-order valence-electron chi connectivity index (χ3n) is 3.58. The lowest BCUT2D eigenvalue weighted by molar-refractivity contribution is 0.732. The van der Waals surface area contributed by atoms with Crippen LogP contribution in [0.4, 0.5) is 0 Å². The number of halogens is 1. The zero-order valence-corrected chi connectivity index (χ0v) is 14.5. The monoisotopic (exact) mass is 264 g/mol. The Kier molecular flexibility index (Phi) is 5.63. The van der Waals surface area contributed by atoms with Gasteiger partial charge in [0.1, 0.15) is 0 Å². The van der Waals surface area contributed by atoms with Crippen LogP contribution in [0.3, 0.4) is 0 Å². The number of hydrogen-bond acceptors (Lipinski definition) is 0. The second kappa shape index (κ2) is 5.37. The predicted molar refractivity (Wildman–Crippen MR) is 79.2 cm³/mol. The van der Waals surface area contributed by atoms with E-state index in [9.17, 15) is 0 Å². The fraction of sp³-hybridized carbons (Fsp3) is 1.00. The first kappa shape index (κ1) is 15.7. The third-order valence-corrected chi connectivity index (χ3v) is 17.8. The van der Waals surface area contributed by atoms with Crippen molar-refractivity contribution in [1.29, 1.82) is 0 Å². The molecule has 0 aromatic carbocycles. The third kappa shape index (κ3) is 5.55. The minimum absolute atomic E-state index is 0.338. The van der Waals surface area contributed by atoms with E-state index in [1.807, 2.05) is 0 Å². The van der Waals surface area contributed by atoms with Gasteiger partial charge in [0.15, 0.2) is 7.38 Å². The molecule has 0 aliphatic rings. The van der Waals surface area contributed by atoms with Crippen LogP contribution in [-0.2, 0) is 0 Å². The molecular formula is C12H29ClSi2. The first-order valence-electron chi connectivity index (χ1n) is 6.21. The summed E-state index contributed by atoms with van der Waals surface area (Å²) >= 11 is 6.85. The molecule has 92 valence electrons. The number of unbranched alkanes of at least 4 members (excludes halogenated alkanes) is 1. The quantitative estimate of drug-likeness (QED) is 0.445. The maximum Gasteiger partial charge on any atom is 0.156 e. The average Bonchev–Trinajstić information content (AvgIpc) is 1.96. The van der Waals surface area contributed by atoms with Crippen LogP contribution < -0.4 is 0 Å². The van der Waals surface area contributed by atoms with Crippen LogP contribution in [0.25, 0.3) is 0 Å². The van der Waals surface area contributed by atoms with Gasteiger partial charge in [-0.1, -0.05) is 66.2 Å². The fourth-order valence-electron chi connectivity index (χ4n) is 1.91. The van der Waals surface area contributed by atoms with E-state index in [0.717, 1.165) is 0 Å². The van der Waals surface area contributed by atoms with E-state index in [2.05, 4.69) is 47.3 Å². The lowest BCUT2D eigenvalue weighted by Crippen LogP contribution is -2.43. The van der Waals surface area contributed by atoms with Crippen molar-refractivity contribution in [2.45, 2.75) is 76.9 Å². The van der Waals surface area contributed by atoms with E-state index in [-0.39, 0.29) is 0 Å². The Morgan fingerprint density at radius 3 is 1.87 bits per heavy atom. The molecule has 0 aliphatic heterocycles. The van der Waals surface area contributed by atoms with Gasteiger partial charge in [0.05, 0.1) is 0 Å². The summed E-state index contributed by atoms with van der Waals surface area (Å²) in [5.41, 5.74) is 1.37. The molecule has 15 heavy (non-hydrogen) atoms. The second-order valence-electron chi connectivity index (χ2n) is 6.89. The number of rotatable bonds is 5. The number of hydrogen-bond donors (Lipinski definition) is 0. The van der Waals surface area contributed by atoms with E-state index in [1.165, 1.54) is 24.6 Å². The fourth-order valence-corrected chi connectivity index (χ4v) is 16.5. The summed E-state index contributed by atoms with van der Waals surface area (Å²) in [7, 11) is -2.60. The van der Waals surface area contributed by atoms with Crippen molar-refractivity contribution in [3.8, 4) is 0 Å². The molecule has 0 amide bonds. The van der Waals surface area contributed by atoms with Crippen molar-refractivity contribution < 1.29 is 0 Å². The Balaban J connectivity index is 4.43. The molecule has 0 spiro atoms. The zero-order valence-electron chi connectivity index (χ0n) is 11.7. The van der Waals surface area contributed by atoms with Gasteiger partial charge in [0.2, 0.25) is 0 Å². The first-order chi connectivity index (χ1) is 6.52. The van der Waals surface area contributed by atoms with Crippen LogP contribution in [0.1, 0.15) is 40.5 Å². The van der Waals surface area contributed by atoms with Gasteiger partial charge >= 0.3 is 0 Å². The van der Waals surface area contributed by atoms with Gasteiger partial charge in [-0.2, -0.15) is 11.1 Å². The molecule has 0 fully saturated rings. The lowest BCUT2D eigenvalue weighted by atomic mass is 10.2. The molecule has 1 unspecified atom stereocenters. The first-order valence-corrected chi connectivity index (χ1v) is 13.3. The van der Waals surface area contributed by atoms with Gasteiger partial charge < -0.3 is 0 Å². The molecule has 0 radical (unpaired) electrons. The molecule has 0 N–H and O–H groups in total. The summed E-state index contributed by atoms with van der Waals surface area (Å²) in [5, 5.41) is 0.338. The standard InChI is InChI=1S/C12H29ClSi2/c1-8-9-10-14(5,6)11-15(7,13)12(2,3)4/h8-11H2,1-7H3. The van der Waals surface area contributed by atoms with Gasteiger partial charge in [-0.15, -0.1) is 0 Å². The van der Waals surface area contributed by atoms with Crippen molar-refractivity contribution in [2.75, 3.05) is 0 Å². The molecule has 0 saturated carbocycles. The molecular weight excluding hydrogens is 236 g/mol.